The topological polar surface area (TPSA) is 0 Å². The SMILES string of the molecule is C[S+](C)c1ccc(Sc2ccc([S+](C)C)cc2)cc1.C[S+](C)c1ccc(Sc2ccccc2)cc1.[F-].[F-].[F-].[F][Sb]([F])([F])([F])[F].[F][Sb]([F])([F])([F])[F].[F][Sb]([F])([F])([F])[F]. The number of hydrogen-bond donors (Lipinski definition) is 0. The van der Waals surface area contributed by atoms with Gasteiger partial charge < -0.3 is 14.1 Å². The van der Waals surface area contributed by atoms with Crippen LogP contribution in [0.4, 0.5) is 42.2 Å². The van der Waals surface area contributed by atoms with Gasteiger partial charge in [-0.15, -0.1) is 0 Å². The molecule has 0 N–H and O–H groups in total. The first kappa shape index (κ1) is 62.5. The fraction of sp³-hybridized carbons (Fsp3) is 0.200. The average Bonchev–Trinajstić information content (AvgIpc) is 2.95. The van der Waals surface area contributed by atoms with Crippen LogP contribution in [0.3, 0.4) is 0 Å². The molecular formula is C30H35F18S5Sb3. The second-order valence-electron chi connectivity index (χ2n) is 10.3. The molecule has 4 aromatic rings. The Morgan fingerprint density at radius 1 is 0.304 bits per heavy atom. The summed E-state index contributed by atoms with van der Waals surface area (Å²) in [6.07, 6.45) is 13.5. The zero-order chi connectivity index (χ0) is 41.6. The molecule has 0 aliphatic rings. The molecule has 0 nitrogen and oxygen atoms in total. The summed E-state index contributed by atoms with van der Waals surface area (Å²) in [4.78, 5) is 9.52. The number of benzene rings is 4. The molecule has 0 heterocycles. The maximum atomic E-state index is 9.91. The summed E-state index contributed by atoms with van der Waals surface area (Å²) in [5.41, 5.74) is 0. The summed E-state index contributed by atoms with van der Waals surface area (Å²) in [6, 6.07) is 37.3. The van der Waals surface area contributed by atoms with E-state index in [1.54, 1.807) is 0 Å². The normalized spacial score (nSPS) is 13.0. The van der Waals surface area contributed by atoms with Gasteiger partial charge in [-0.2, -0.15) is 0 Å². The van der Waals surface area contributed by atoms with E-state index in [0.29, 0.717) is 32.7 Å². The van der Waals surface area contributed by atoms with Gasteiger partial charge in [0.1, 0.15) is 37.5 Å². The van der Waals surface area contributed by atoms with Crippen molar-refractivity contribution in [3.8, 4) is 0 Å². The quantitative estimate of drug-likeness (QED) is 0.152. The molecule has 0 unspecified atom stereocenters. The van der Waals surface area contributed by atoms with Crippen molar-refractivity contribution in [2.75, 3.05) is 37.5 Å². The van der Waals surface area contributed by atoms with Crippen molar-refractivity contribution in [3.63, 3.8) is 0 Å². The summed E-state index contributed by atoms with van der Waals surface area (Å²) < 4.78 is 149. The molecule has 0 radical (unpaired) electrons. The Kier molecular flexibility index (Phi) is 28.5. The Bertz CT molecular complexity index is 1500. The summed E-state index contributed by atoms with van der Waals surface area (Å²) >= 11 is -23.9. The van der Waals surface area contributed by atoms with Crippen LogP contribution in [0.1, 0.15) is 0 Å². The fourth-order valence-electron chi connectivity index (χ4n) is 3.10. The van der Waals surface area contributed by atoms with Crippen LogP contribution >= 0.6 is 23.5 Å². The van der Waals surface area contributed by atoms with Crippen LogP contribution in [0.5, 0.6) is 0 Å². The third-order valence-electron chi connectivity index (χ3n) is 5.10. The van der Waals surface area contributed by atoms with Gasteiger partial charge in [0.05, 0.1) is 0 Å². The molecule has 0 fully saturated rings. The first-order valence-electron chi connectivity index (χ1n) is 13.8. The van der Waals surface area contributed by atoms with Crippen molar-refractivity contribution < 1.29 is 56.3 Å². The van der Waals surface area contributed by atoms with Gasteiger partial charge in [0.25, 0.3) is 0 Å². The summed E-state index contributed by atoms with van der Waals surface area (Å²) in [5.74, 6) is 0. The number of halogens is 18. The van der Waals surface area contributed by atoms with Gasteiger partial charge in [0, 0.05) is 52.3 Å². The molecule has 0 saturated carbocycles. The van der Waals surface area contributed by atoms with E-state index in [1.807, 2.05) is 29.6 Å². The van der Waals surface area contributed by atoms with E-state index in [0.717, 1.165) is 0 Å². The van der Waals surface area contributed by atoms with Crippen molar-refractivity contribution >= 4 is 117 Å². The van der Waals surface area contributed by atoms with Crippen LogP contribution in [0.25, 0.3) is 0 Å². The molecule has 0 atom stereocenters. The molecule has 0 aliphatic heterocycles. The van der Waals surface area contributed by atoms with Crippen LogP contribution in [0.15, 0.2) is 137 Å². The first-order chi connectivity index (χ1) is 23.5. The first-order valence-corrected chi connectivity index (χ1v) is 36.0. The monoisotopic (exact) mass is 1260 g/mol. The molecule has 0 spiro atoms. The Labute approximate surface area is 344 Å². The Morgan fingerprint density at radius 2 is 0.464 bits per heavy atom. The van der Waals surface area contributed by atoms with E-state index in [2.05, 4.69) is 135 Å². The van der Waals surface area contributed by atoms with E-state index in [-0.39, 0.29) is 14.1 Å². The van der Waals surface area contributed by atoms with Crippen molar-refractivity contribution in [1.82, 2.24) is 0 Å². The molecule has 4 aromatic carbocycles. The molecular weight excluding hydrogens is 1230 g/mol. The minimum atomic E-state index is -9.19. The van der Waals surface area contributed by atoms with Gasteiger partial charge in [0.2, 0.25) is 0 Å². The maximum absolute atomic E-state index is 9.91. The summed E-state index contributed by atoms with van der Waals surface area (Å²) in [7, 11) is 1.06. The molecule has 0 aliphatic carbocycles. The van der Waals surface area contributed by atoms with Crippen LogP contribution in [-0.4, -0.2) is 98.4 Å². The molecule has 56 heavy (non-hydrogen) atoms. The van der Waals surface area contributed by atoms with Crippen molar-refractivity contribution in [2.24, 2.45) is 0 Å². The fourth-order valence-corrected chi connectivity index (χ4v) is 6.80. The van der Waals surface area contributed by atoms with Crippen molar-refractivity contribution in [1.29, 1.82) is 0 Å². The summed E-state index contributed by atoms with van der Waals surface area (Å²) in [5, 5.41) is 0. The van der Waals surface area contributed by atoms with Gasteiger partial charge in [-0.05, 0) is 84.9 Å². The predicted octanol–water partition coefficient (Wildman–Crippen LogP) is 4.56. The zero-order valence-electron chi connectivity index (χ0n) is 29.5. The van der Waals surface area contributed by atoms with Crippen LogP contribution < -0.4 is 14.1 Å². The molecule has 26 heteroatoms. The molecule has 0 aromatic heterocycles. The molecule has 0 saturated heterocycles. The van der Waals surface area contributed by atoms with Gasteiger partial charge in [-0.1, -0.05) is 41.7 Å². The van der Waals surface area contributed by atoms with Crippen molar-refractivity contribution in [3.05, 3.63) is 103 Å². The van der Waals surface area contributed by atoms with E-state index in [4.69, 9.17) is 0 Å². The standard InChI is InChI=1S/C16H20S3.C14H15S2.18FH.3Sb/c1-18(2)15-9-5-13(6-10-15)17-14-7-11-16(12-8-14)19(3)4;1-16(2)14-10-8-13(9-11-14)15-12-6-4-3-5-7-12;;;;;;;;;;;;;;;;;;;;;/h5-12H,1-4H3;3-11H,1-2H3;18*1H;;;/q+2;+1;;;;;;;;;;;;;;;;;;;3*+5/p-18. The third kappa shape index (κ3) is 44.9. The summed E-state index contributed by atoms with van der Waals surface area (Å²) in [6.45, 7) is 0. The van der Waals surface area contributed by atoms with E-state index in [9.17, 15) is 42.2 Å². The van der Waals surface area contributed by atoms with E-state index in [1.165, 1.54) is 34.3 Å². The van der Waals surface area contributed by atoms with Crippen LogP contribution in [0, 0.1) is 0 Å². The van der Waals surface area contributed by atoms with Gasteiger partial charge in [-0.3, -0.25) is 0 Å². The van der Waals surface area contributed by atoms with Gasteiger partial charge >= 0.3 is 103 Å². The second kappa shape index (κ2) is 25.6. The minimum absolute atomic E-state index is 0. The number of rotatable bonds is 7. The Hall–Kier alpha value is -0.175. The second-order valence-corrected chi connectivity index (χ2v) is 29.8. The van der Waals surface area contributed by atoms with Crippen molar-refractivity contribution in [2.45, 2.75) is 34.3 Å². The number of hydrogen-bond acceptors (Lipinski definition) is 2. The Morgan fingerprint density at radius 3 is 0.625 bits per heavy atom. The Balaban J connectivity index is -0.000000329. The van der Waals surface area contributed by atoms with Crippen LogP contribution in [0.2, 0.25) is 0 Å². The molecule has 0 bridgehead atoms. The van der Waals surface area contributed by atoms with E-state index >= 15 is 0 Å². The van der Waals surface area contributed by atoms with E-state index < -0.39 is 60.9 Å². The predicted molar refractivity (Wildman–Crippen MR) is 200 cm³/mol. The van der Waals surface area contributed by atoms with Gasteiger partial charge in [-0.25, -0.2) is 0 Å². The molecule has 326 valence electrons. The molecule has 4 rings (SSSR count). The van der Waals surface area contributed by atoms with Gasteiger partial charge in [0.15, 0.2) is 14.7 Å². The average molecular weight is 1260 g/mol. The van der Waals surface area contributed by atoms with Crippen LogP contribution in [-0.2, 0) is 32.7 Å². The third-order valence-corrected chi connectivity index (χ3v) is 10.8. The molecule has 0 amide bonds. The zero-order valence-corrected chi connectivity index (χ0v) is 41.2.